The number of methoxy groups -OCH3 is 1. The SMILES string of the molecule is COC(=O)CN(C)CC1Cc2cc(Cl)ccc2O1. The first kappa shape index (κ1) is 13.2. The topological polar surface area (TPSA) is 38.8 Å². The van der Waals surface area contributed by atoms with Crippen molar-refractivity contribution in [3.63, 3.8) is 0 Å². The maximum absolute atomic E-state index is 11.1. The summed E-state index contributed by atoms with van der Waals surface area (Å²) in [6.07, 6.45) is 0.884. The Morgan fingerprint density at radius 2 is 2.39 bits per heavy atom. The molecule has 4 nitrogen and oxygen atoms in total. The number of hydrogen-bond donors (Lipinski definition) is 0. The molecule has 5 heteroatoms. The largest absolute Gasteiger partial charge is 0.488 e. The molecule has 0 saturated heterocycles. The second kappa shape index (κ2) is 5.59. The number of nitrogens with zero attached hydrogens (tertiary/aromatic N) is 1. The van der Waals surface area contributed by atoms with Gasteiger partial charge in [0.15, 0.2) is 0 Å². The summed E-state index contributed by atoms with van der Waals surface area (Å²) in [5.74, 6) is 0.645. The molecule has 1 aromatic rings. The highest BCUT2D eigenvalue weighted by Gasteiger charge is 2.24. The van der Waals surface area contributed by atoms with E-state index in [1.54, 1.807) is 0 Å². The molecule has 0 bridgehead atoms. The van der Waals surface area contributed by atoms with Crippen molar-refractivity contribution in [2.75, 3.05) is 27.2 Å². The lowest BCUT2D eigenvalue weighted by molar-refractivity contribution is -0.141. The van der Waals surface area contributed by atoms with Crippen LogP contribution in [0, 0.1) is 0 Å². The fourth-order valence-electron chi connectivity index (χ4n) is 2.09. The van der Waals surface area contributed by atoms with Gasteiger partial charge in [0, 0.05) is 18.0 Å². The molecule has 1 atom stereocenters. The molecule has 1 aliphatic heterocycles. The van der Waals surface area contributed by atoms with Gasteiger partial charge in [0.1, 0.15) is 11.9 Å². The molecule has 0 N–H and O–H groups in total. The molecule has 1 aliphatic rings. The van der Waals surface area contributed by atoms with E-state index in [0.29, 0.717) is 6.54 Å². The quantitative estimate of drug-likeness (QED) is 0.781. The van der Waals surface area contributed by atoms with Gasteiger partial charge in [-0.3, -0.25) is 9.69 Å². The lowest BCUT2D eigenvalue weighted by Crippen LogP contribution is -2.35. The number of hydrogen-bond acceptors (Lipinski definition) is 4. The summed E-state index contributed by atoms with van der Waals surface area (Å²) in [5, 5.41) is 0.723. The summed E-state index contributed by atoms with van der Waals surface area (Å²) in [4.78, 5) is 13.0. The van der Waals surface area contributed by atoms with E-state index in [0.717, 1.165) is 22.8 Å². The van der Waals surface area contributed by atoms with Crippen molar-refractivity contribution in [2.24, 2.45) is 0 Å². The maximum Gasteiger partial charge on any atom is 0.319 e. The van der Waals surface area contributed by atoms with Crippen LogP contribution in [0.1, 0.15) is 5.56 Å². The van der Waals surface area contributed by atoms with Gasteiger partial charge in [-0.15, -0.1) is 0 Å². The first-order chi connectivity index (χ1) is 8.58. The van der Waals surface area contributed by atoms with E-state index >= 15 is 0 Å². The summed E-state index contributed by atoms with van der Waals surface area (Å²) >= 11 is 5.94. The first-order valence-corrected chi connectivity index (χ1v) is 6.16. The molecule has 0 radical (unpaired) electrons. The molecule has 0 fully saturated rings. The van der Waals surface area contributed by atoms with Gasteiger partial charge in [-0.2, -0.15) is 0 Å². The van der Waals surface area contributed by atoms with Crippen molar-refractivity contribution in [3.05, 3.63) is 28.8 Å². The third-order valence-corrected chi connectivity index (χ3v) is 3.14. The highest BCUT2D eigenvalue weighted by Crippen LogP contribution is 2.31. The van der Waals surface area contributed by atoms with E-state index in [9.17, 15) is 4.79 Å². The van der Waals surface area contributed by atoms with Gasteiger partial charge in [0.2, 0.25) is 0 Å². The number of benzene rings is 1. The lowest BCUT2D eigenvalue weighted by Gasteiger charge is -2.19. The van der Waals surface area contributed by atoms with Crippen LogP contribution in [0.3, 0.4) is 0 Å². The van der Waals surface area contributed by atoms with Crippen LogP contribution in [0.25, 0.3) is 0 Å². The Morgan fingerprint density at radius 3 is 3.11 bits per heavy atom. The molecular weight excluding hydrogens is 254 g/mol. The highest BCUT2D eigenvalue weighted by molar-refractivity contribution is 6.30. The van der Waals surface area contributed by atoms with E-state index < -0.39 is 0 Å². The van der Waals surface area contributed by atoms with Gasteiger partial charge in [-0.05, 0) is 30.8 Å². The Morgan fingerprint density at radius 1 is 1.61 bits per heavy atom. The Hall–Kier alpha value is -1.26. The molecule has 0 spiro atoms. The average Bonchev–Trinajstić information content (AvgIpc) is 2.69. The fourth-order valence-corrected chi connectivity index (χ4v) is 2.28. The lowest BCUT2D eigenvalue weighted by atomic mass is 10.1. The van der Waals surface area contributed by atoms with E-state index in [2.05, 4.69) is 4.74 Å². The molecule has 0 amide bonds. The minimum absolute atomic E-state index is 0.0631. The summed E-state index contributed by atoms with van der Waals surface area (Å²) < 4.78 is 10.4. The Bertz CT molecular complexity index is 450. The monoisotopic (exact) mass is 269 g/mol. The summed E-state index contributed by atoms with van der Waals surface area (Å²) in [6.45, 7) is 0.953. The minimum Gasteiger partial charge on any atom is -0.488 e. The molecule has 1 heterocycles. The molecule has 0 saturated carbocycles. The summed E-state index contributed by atoms with van der Waals surface area (Å²) in [6, 6.07) is 5.64. The number of halogens is 1. The molecule has 1 unspecified atom stereocenters. The number of esters is 1. The van der Waals surface area contributed by atoms with Crippen LogP contribution in [0.4, 0.5) is 0 Å². The van der Waals surface area contributed by atoms with E-state index in [-0.39, 0.29) is 18.6 Å². The second-order valence-electron chi connectivity index (χ2n) is 4.47. The number of carbonyl (C=O) groups is 1. The van der Waals surface area contributed by atoms with Gasteiger partial charge >= 0.3 is 5.97 Å². The molecular formula is C13H16ClNO3. The zero-order valence-corrected chi connectivity index (χ0v) is 11.2. The molecule has 2 rings (SSSR count). The standard InChI is InChI=1S/C13H16ClNO3/c1-15(8-13(16)17-2)7-11-6-9-5-10(14)3-4-12(9)18-11/h3-5,11H,6-8H2,1-2H3. The van der Waals surface area contributed by atoms with Crippen LogP contribution < -0.4 is 4.74 Å². The predicted molar refractivity (Wildman–Crippen MR) is 69.1 cm³/mol. The third kappa shape index (κ3) is 3.15. The van der Waals surface area contributed by atoms with Crippen molar-refractivity contribution in [2.45, 2.75) is 12.5 Å². The zero-order chi connectivity index (χ0) is 13.1. The maximum atomic E-state index is 11.1. The van der Waals surface area contributed by atoms with E-state index in [4.69, 9.17) is 16.3 Å². The number of ether oxygens (including phenoxy) is 2. The van der Waals surface area contributed by atoms with Gasteiger partial charge in [-0.25, -0.2) is 0 Å². The molecule has 18 heavy (non-hydrogen) atoms. The number of fused-ring (bicyclic) bond motifs is 1. The van der Waals surface area contributed by atoms with Crippen LogP contribution in [-0.4, -0.2) is 44.2 Å². The van der Waals surface area contributed by atoms with Crippen molar-refractivity contribution >= 4 is 17.6 Å². The smallest absolute Gasteiger partial charge is 0.319 e. The summed E-state index contributed by atoms with van der Waals surface area (Å²) in [7, 11) is 3.26. The molecule has 98 valence electrons. The fraction of sp³-hybridized carbons (Fsp3) is 0.462. The van der Waals surface area contributed by atoms with Crippen LogP contribution in [0.15, 0.2) is 18.2 Å². The van der Waals surface area contributed by atoms with Crippen LogP contribution in [0.5, 0.6) is 5.75 Å². The van der Waals surface area contributed by atoms with Crippen molar-refractivity contribution in [1.29, 1.82) is 0 Å². The number of likely N-dealkylation sites (N-methyl/N-ethyl adjacent to an activating group) is 1. The number of carbonyl (C=O) groups excluding carboxylic acids is 1. The van der Waals surface area contributed by atoms with Crippen molar-refractivity contribution in [1.82, 2.24) is 4.90 Å². The first-order valence-electron chi connectivity index (χ1n) is 5.79. The Balaban J connectivity index is 1.89. The zero-order valence-electron chi connectivity index (χ0n) is 10.5. The third-order valence-electron chi connectivity index (χ3n) is 2.91. The van der Waals surface area contributed by atoms with E-state index in [1.807, 2.05) is 30.1 Å². The van der Waals surface area contributed by atoms with Gasteiger partial charge in [0.05, 0.1) is 13.7 Å². The Kier molecular flexibility index (Phi) is 4.09. The molecule has 0 aromatic heterocycles. The summed E-state index contributed by atoms with van der Waals surface area (Å²) in [5.41, 5.74) is 1.12. The molecule has 0 aliphatic carbocycles. The van der Waals surface area contributed by atoms with Crippen LogP contribution in [-0.2, 0) is 16.0 Å². The van der Waals surface area contributed by atoms with Crippen molar-refractivity contribution in [3.8, 4) is 5.75 Å². The second-order valence-corrected chi connectivity index (χ2v) is 4.91. The van der Waals surface area contributed by atoms with E-state index in [1.165, 1.54) is 7.11 Å². The van der Waals surface area contributed by atoms with Gasteiger partial charge in [0.25, 0.3) is 0 Å². The predicted octanol–water partition coefficient (Wildman–Crippen LogP) is 1.75. The minimum atomic E-state index is -0.240. The average molecular weight is 270 g/mol. The van der Waals surface area contributed by atoms with Crippen LogP contribution >= 0.6 is 11.6 Å². The normalized spacial score (nSPS) is 17.4. The Labute approximate surface area is 111 Å². The van der Waals surface area contributed by atoms with Gasteiger partial charge in [-0.1, -0.05) is 11.6 Å². The van der Waals surface area contributed by atoms with Crippen LogP contribution in [0.2, 0.25) is 5.02 Å². The number of rotatable bonds is 4. The van der Waals surface area contributed by atoms with Crippen molar-refractivity contribution < 1.29 is 14.3 Å². The highest BCUT2D eigenvalue weighted by atomic mass is 35.5. The molecule has 1 aromatic carbocycles. The van der Waals surface area contributed by atoms with Gasteiger partial charge < -0.3 is 9.47 Å².